The van der Waals surface area contributed by atoms with Gasteiger partial charge in [0, 0.05) is 36.6 Å². The number of benzene rings is 2. The standard InChI is InChI=1S/C25H29FN2O3/c1-4-5-11-28(25(29)20-14-23(30-2)16-24(15-20)31-3)18-22-10-7-12-27(22)17-19-8-6-9-21(26)13-19/h6-10,12-16H,4-5,11,17-18H2,1-3H3. The first kappa shape index (κ1) is 22.4. The summed E-state index contributed by atoms with van der Waals surface area (Å²) in [4.78, 5) is 15.2. The van der Waals surface area contributed by atoms with E-state index in [4.69, 9.17) is 9.47 Å². The summed E-state index contributed by atoms with van der Waals surface area (Å²) in [6.07, 6.45) is 3.84. The number of hydrogen-bond acceptors (Lipinski definition) is 3. The third-order valence-corrected chi connectivity index (χ3v) is 5.19. The Kier molecular flexibility index (Phi) is 7.70. The number of halogens is 1. The lowest BCUT2D eigenvalue weighted by Gasteiger charge is -2.24. The van der Waals surface area contributed by atoms with Crippen molar-refractivity contribution in [3.05, 3.63) is 83.4 Å². The number of unbranched alkanes of at least 4 members (excludes halogenated alkanes) is 1. The fraction of sp³-hybridized carbons (Fsp3) is 0.320. The van der Waals surface area contributed by atoms with Crippen LogP contribution in [0.5, 0.6) is 11.5 Å². The molecule has 6 heteroatoms. The Balaban J connectivity index is 1.84. The van der Waals surface area contributed by atoms with Gasteiger partial charge in [-0.05, 0) is 48.4 Å². The Hall–Kier alpha value is -3.28. The van der Waals surface area contributed by atoms with Crippen molar-refractivity contribution in [1.82, 2.24) is 9.47 Å². The summed E-state index contributed by atoms with van der Waals surface area (Å²) in [5, 5.41) is 0. The van der Waals surface area contributed by atoms with Crippen molar-refractivity contribution >= 4 is 5.91 Å². The van der Waals surface area contributed by atoms with Crippen molar-refractivity contribution in [3.63, 3.8) is 0 Å². The first-order valence-corrected chi connectivity index (χ1v) is 10.4. The van der Waals surface area contributed by atoms with E-state index < -0.39 is 0 Å². The van der Waals surface area contributed by atoms with Gasteiger partial charge in [0.25, 0.3) is 5.91 Å². The highest BCUT2D eigenvalue weighted by Crippen LogP contribution is 2.24. The zero-order valence-electron chi connectivity index (χ0n) is 18.3. The molecule has 0 atom stereocenters. The molecule has 2 aromatic carbocycles. The fourth-order valence-electron chi connectivity index (χ4n) is 3.49. The topological polar surface area (TPSA) is 43.7 Å². The molecule has 0 saturated heterocycles. The van der Waals surface area contributed by atoms with Gasteiger partial charge in [-0.3, -0.25) is 4.79 Å². The van der Waals surface area contributed by atoms with Crippen LogP contribution in [0.15, 0.2) is 60.8 Å². The largest absolute Gasteiger partial charge is 0.497 e. The van der Waals surface area contributed by atoms with E-state index in [0.29, 0.717) is 36.7 Å². The highest BCUT2D eigenvalue weighted by Gasteiger charge is 2.19. The minimum absolute atomic E-state index is 0.0795. The average Bonchev–Trinajstić information content (AvgIpc) is 3.22. The summed E-state index contributed by atoms with van der Waals surface area (Å²) < 4.78 is 26.3. The average molecular weight is 425 g/mol. The molecule has 1 heterocycles. The van der Waals surface area contributed by atoms with Crippen LogP contribution < -0.4 is 9.47 Å². The second-order valence-corrected chi connectivity index (χ2v) is 7.44. The van der Waals surface area contributed by atoms with Gasteiger partial charge in [0.2, 0.25) is 0 Å². The number of carbonyl (C=O) groups is 1. The number of nitrogens with zero attached hydrogens (tertiary/aromatic N) is 2. The molecule has 0 aliphatic rings. The van der Waals surface area contributed by atoms with Gasteiger partial charge in [-0.15, -0.1) is 0 Å². The highest BCUT2D eigenvalue weighted by atomic mass is 19.1. The lowest BCUT2D eigenvalue weighted by atomic mass is 10.1. The highest BCUT2D eigenvalue weighted by molar-refractivity contribution is 5.95. The van der Waals surface area contributed by atoms with E-state index in [1.807, 2.05) is 33.9 Å². The van der Waals surface area contributed by atoms with Crippen molar-refractivity contribution in [1.29, 1.82) is 0 Å². The zero-order valence-corrected chi connectivity index (χ0v) is 18.3. The van der Waals surface area contributed by atoms with E-state index >= 15 is 0 Å². The molecule has 0 fully saturated rings. The fourth-order valence-corrected chi connectivity index (χ4v) is 3.49. The molecule has 0 bridgehead atoms. The maximum absolute atomic E-state index is 13.6. The smallest absolute Gasteiger partial charge is 0.254 e. The molecule has 164 valence electrons. The van der Waals surface area contributed by atoms with Gasteiger partial charge in [-0.1, -0.05) is 25.5 Å². The van der Waals surface area contributed by atoms with Gasteiger partial charge in [0.15, 0.2) is 0 Å². The molecular weight excluding hydrogens is 395 g/mol. The lowest BCUT2D eigenvalue weighted by molar-refractivity contribution is 0.0736. The van der Waals surface area contributed by atoms with Crippen LogP contribution in [-0.4, -0.2) is 36.1 Å². The molecule has 0 aliphatic carbocycles. The first-order valence-electron chi connectivity index (χ1n) is 10.4. The zero-order chi connectivity index (χ0) is 22.2. The Morgan fingerprint density at radius 2 is 1.77 bits per heavy atom. The van der Waals surface area contributed by atoms with Crippen LogP contribution in [0.4, 0.5) is 4.39 Å². The first-order chi connectivity index (χ1) is 15.0. The number of methoxy groups -OCH3 is 2. The third kappa shape index (κ3) is 5.87. The van der Waals surface area contributed by atoms with Gasteiger partial charge in [-0.25, -0.2) is 4.39 Å². The number of aromatic nitrogens is 1. The number of rotatable bonds is 10. The van der Waals surface area contributed by atoms with Gasteiger partial charge in [0.1, 0.15) is 17.3 Å². The molecular formula is C25H29FN2O3. The molecule has 0 unspecified atom stereocenters. The number of hydrogen-bond donors (Lipinski definition) is 0. The van der Waals surface area contributed by atoms with Gasteiger partial charge in [-0.2, -0.15) is 0 Å². The minimum Gasteiger partial charge on any atom is -0.497 e. The Morgan fingerprint density at radius 3 is 2.42 bits per heavy atom. The quantitative estimate of drug-likeness (QED) is 0.453. The molecule has 0 aliphatic heterocycles. The third-order valence-electron chi connectivity index (χ3n) is 5.19. The van der Waals surface area contributed by atoms with Crippen LogP contribution in [0, 0.1) is 5.82 Å². The van der Waals surface area contributed by atoms with E-state index in [0.717, 1.165) is 24.1 Å². The van der Waals surface area contributed by atoms with Crippen LogP contribution >= 0.6 is 0 Å². The minimum atomic E-state index is -0.252. The monoisotopic (exact) mass is 424 g/mol. The van der Waals surface area contributed by atoms with Gasteiger partial charge in [0.05, 0.1) is 20.8 Å². The van der Waals surface area contributed by atoms with Crippen molar-refractivity contribution in [2.45, 2.75) is 32.9 Å². The van der Waals surface area contributed by atoms with Gasteiger partial charge >= 0.3 is 0 Å². The Labute approximate surface area is 183 Å². The van der Waals surface area contributed by atoms with E-state index in [2.05, 4.69) is 6.92 Å². The van der Waals surface area contributed by atoms with Crippen molar-refractivity contribution in [2.24, 2.45) is 0 Å². The SMILES string of the molecule is CCCCN(Cc1cccn1Cc1cccc(F)c1)C(=O)c1cc(OC)cc(OC)c1. The van der Waals surface area contributed by atoms with E-state index in [1.54, 1.807) is 38.5 Å². The van der Waals surface area contributed by atoms with Crippen LogP contribution in [0.3, 0.4) is 0 Å². The predicted octanol–water partition coefficient (Wildman–Crippen LogP) is 5.14. The van der Waals surface area contributed by atoms with Crippen molar-refractivity contribution in [2.75, 3.05) is 20.8 Å². The molecule has 0 N–H and O–H groups in total. The van der Waals surface area contributed by atoms with E-state index in [1.165, 1.54) is 12.1 Å². The molecule has 3 rings (SSSR count). The molecule has 1 aromatic heterocycles. The Bertz CT molecular complexity index is 993. The van der Waals surface area contributed by atoms with Gasteiger partial charge < -0.3 is 18.9 Å². The van der Waals surface area contributed by atoms with E-state index in [9.17, 15) is 9.18 Å². The molecule has 5 nitrogen and oxygen atoms in total. The summed E-state index contributed by atoms with van der Waals surface area (Å²) in [5.74, 6) is 0.822. The van der Waals surface area contributed by atoms with Crippen molar-refractivity contribution in [3.8, 4) is 11.5 Å². The maximum atomic E-state index is 13.6. The second kappa shape index (κ2) is 10.7. The summed E-state index contributed by atoms with van der Waals surface area (Å²) in [6, 6.07) is 15.7. The molecule has 1 amide bonds. The molecule has 3 aromatic rings. The van der Waals surface area contributed by atoms with Crippen LogP contribution in [0.2, 0.25) is 0 Å². The Morgan fingerprint density at radius 1 is 1.03 bits per heavy atom. The number of carbonyl (C=O) groups excluding carboxylic acids is 1. The summed E-state index contributed by atoms with van der Waals surface area (Å²) in [6.45, 7) is 3.74. The normalized spacial score (nSPS) is 10.7. The number of amides is 1. The predicted molar refractivity (Wildman–Crippen MR) is 119 cm³/mol. The molecule has 0 saturated carbocycles. The summed E-state index contributed by atoms with van der Waals surface area (Å²) in [7, 11) is 3.13. The molecule has 31 heavy (non-hydrogen) atoms. The van der Waals surface area contributed by atoms with E-state index in [-0.39, 0.29) is 11.7 Å². The summed E-state index contributed by atoms with van der Waals surface area (Å²) in [5.41, 5.74) is 2.39. The van der Waals surface area contributed by atoms with Crippen LogP contribution in [0.25, 0.3) is 0 Å². The van der Waals surface area contributed by atoms with Crippen LogP contribution in [-0.2, 0) is 13.1 Å². The number of ether oxygens (including phenoxy) is 2. The van der Waals surface area contributed by atoms with Crippen LogP contribution in [0.1, 0.15) is 41.4 Å². The van der Waals surface area contributed by atoms with Crippen molar-refractivity contribution < 1.29 is 18.7 Å². The summed E-state index contributed by atoms with van der Waals surface area (Å²) >= 11 is 0. The molecule has 0 spiro atoms. The lowest BCUT2D eigenvalue weighted by Crippen LogP contribution is -2.32. The maximum Gasteiger partial charge on any atom is 0.254 e. The molecule has 0 radical (unpaired) electrons. The second-order valence-electron chi connectivity index (χ2n) is 7.44.